The third kappa shape index (κ3) is 2.74. The first-order valence-corrected chi connectivity index (χ1v) is 6.85. The number of rotatable bonds is 4. The second-order valence-electron chi connectivity index (χ2n) is 5.15. The second kappa shape index (κ2) is 5.55. The Kier molecular flexibility index (Phi) is 3.97. The van der Waals surface area contributed by atoms with Crippen molar-refractivity contribution in [2.75, 3.05) is 0 Å². The average Bonchev–Trinajstić information content (AvgIpc) is 2.70. The van der Waals surface area contributed by atoms with Gasteiger partial charge in [-0.15, -0.1) is 0 Å². The van der Waals surface area contributed by atoms with E-state index in [-0.39, 0.29) is 12.3 Å². The number of Topliss-reactive ketones (excluding diaryl/α,β-unsaturated/α-hetero) is 1. The van der Waals surface area contributed by atoms with Gasteiger partial charge in [0.1, 0.15) is 0 Å². The van der Waals surface area contributed by atoms with Crippen LogP contribution in [0.15, 0.2) is 21.9 Å². The molecular formula is C15H19N3O3. The van der Waals surface area contributed by atoms with Gasteiger partial charge >= 0.3 is 5.69 Å². The summed E-state index contributed by atoms with van der Waals surface area (Å²) in [4.78, 5) is 37.7. The highest BCUT2D eigenvalue weighted by atomic mass is 16.2. The Bertz CT molecular complexity index is 809. The monoisotopic (exact) mass is 289 g/mol. The fourth-order valence-electron chi connectivity index (χ4n) is 2.55. The molecule has 2 aromatic heterocycles. The van der Waals surface area contributed by atoms with Crippen LogP contribution in [0.1, 0.15) is 34.2 Å². The van der Waals surface area contributed by atoms with E-state index in [1.807, 2.05) is 31.4 Å². The molecule has 6 heteroatoms. The molecule has 6 nitrogen and oxygen atoms in total. The first-order chi connectivity index (χ1) is 9.85. The van der Waals surface area contributed by atoms with Crippen LogP contribution in [0, 0.1) is 20.8 Å². The Morgan fingerprint density at radius 2 is 1.90 bits per heavy atom. The predicted octanol–water partition coefficient (Wildman–Crippen LogP) is 1.17. The van der Waals surface area contributed by atoms with E-state index in [0.29, 0.717) is 11.1 Å². The third-order valence-corrected chi connectivity index (χ3v) is 3.69. The molecule has 21 heavy (non-hydrogen) atoms. The summed E-state index contributed by atoms with van der Waals surface area (Å²) in [5, 5.41) is 0. The van der Waals surface area contributed by atoms with Crippen LogP contribution in [0.3, 0.4) is 0 Å². The number of carbonyl (C=O) groups is 1. The highest BCUT2D eigenvalue weighted by molar-refractivity contribution is 5.97. The standard InChI is InChI=1S/C15H19N3O3/c1-5-18-10(3)6-12(11(18)4)13(19)8-17-7-9(2)14(20)16-15(17)21/h6-7H,5,8H2,1-4H3,(H,16,20,21). The normalized spacial score (nSPS) is 10.9. The molecule has 0 radical (unpaired) electrons. The average molecular weight is 289 g/mol. The third-order valence-electron chi connectivity index (χ3n) is 3.69. The van der Waals surface area contributed by atoms with Crippen molar-refractivity contribution in [2.45, 2.75) is 40.8 Å². The lowest BCUT2D eigenvalue weighted by Crippen LogP contribution is -2.32. The van der Waals surface area contributed by atoms with Crippen LogP contribution in [-0.2, 0) is 13.1 Å². The Hall–Kier alpha value is -2.37. The van der Waals surface area contributed by atoms with Gasteiger partial charge < -0.3 is 4.57 Å². The van der Waals surface area contributed by atoms with Crippen LogP contribution in [0.2, 0.25) is 0 Å². The van der Waals surface area contributed by atoms with Crippen LogP contribution in [0.5, 0.6) is 0 Å². The van der Waals surface area contributed by atoms with Gasteiger partial charge in [-0.2, -0.15) is 0 Å². The number of aryl methyl sites for hydroxylation is 2. The predicted molar refractivity (Wildman–Crippen MR) is 80.0 cm³/mol. The molecule has 0 aliphatic rings. The second-order valence-corrected chi connectivity index (χ2v) is 5.15. The quantitative estimate of drug-likeness (QED) is 0.858. The van der Waals surface area contributed by atoms with E-state index in [9.17, 15) is 14.4 Å². The number of nitrogens with zero attached hydrogens (tertiary/aromatic N) is 2. The van der Waals surface area contributed by atoms with Crippen molar-refractivity contribution in [2.24, 2.45) is 0 Å². The van der Waals surface area contributed by atoms with Gasteiger partial charge in [0.05, 0.1) is 6.54 Å². The number of hydrogen-bond donors (Lipinski definition) is 1. The fourth-order valence-corrected chi connectivity index (χ4v) is 2.55. The van der Waals surface area contributed by atoms with Crippen LogP contribution in [0.4, 0.5) is 0 Å². The Labute approximate surface area is 122 Å². The molecule has 0 atom stereocenters. The zero-order valence-corrected chi connectivity index (χ0v) is 12.7. The maximum absolute atomic E-state index is 12.4. The van der Waals surface area contributed by atoms with Gasteiger partial charge in [-0.05, 0) is 33.8 Å². The minimum Gasteiger partial charge on any atom is -0.349 e. The molecule has 112 valence electrons. The van der Waals surface area contributed by atoms with E-state index in [2.05, 4.69) is 4.98 Å². The lowest BCUT2D eigenvalue weighted by atomic mass is 10.1. The number of H-pyrrole nitrogens is 1. The molecule has 1 N–H and O–H groups in total. The van der Waals surface area contributed by atoms with Crippen LogP contribution >= 0.6 is 0 Å². The maximum Gasteiger partial charge on any atom is 0.328 e. The molecule has 0 aromatic carbocycles. The number of hydrogen-bond acceptors (Lipinski definition) is 3. The highest BCUT2D eigenvalue weighted by Gasteiger charge is 2.16. The van der Waals surface area contributed by atoms with E-state index >= 15 is 0 Å². The molecule has 0 bridgehead atoms. The maximum atomic E-state index is 12.4. The van der Waals surface area contributed by atoms with Gasteiger partial charge in [-0.3, -0.25) is 19.1 Å². The molecule has 0 amide bonds. The lowest BCUT2D eigenvalue weighted by molar-refractivity contribution is 0.0969. The number of carbonyl (C=O) groups excluding carboxylic acids is 1. The Morgan fingerprint density at radius 1 is 1.24 bits per heavy atom. The molecule has 2 aromatic rings. The molecule has 0 spiro atoms. The summed E-state index contributed by atoms with van der Waals surface area (Å²) < 4.78 is 3.28. The minimum atomic E-state index is -0.566. The number of nitrogens with one attached hydrogen (secondary N) is 1. The minimum absolute atomic E-state index is 0.0789. The number of aromatic amines is 1. The van der Waals surface area contributed by atoms with Crippen LogP contribution < -0.4 is 11.2 Å². The molecule has 0 saturated carbocycles. The van der Waals surface area contributed by atoms with E-state index < -0.39 is 11.2 Å². The molecule has 2 heterocycles. The van der Waals surface area contributed by atoms with Gasteiger partial charge in [-0.25, -0.2) is 4.79 Å². The fraction of sp³-hybridized carbons (Fsp3) is 0.400. The summed E-state index contributed by atoms with van der Waals surface area (Å²) in [5.41, 5.74) is 1.94. The smallest absolute Gasteiger partial charge is 0.328 e. The molecule has 0 unspecified atom stereocenters. The number of ketones is 1. The van der Waals surface area contributed by atoms with Crippen molar-refractivity contribution in [3.05, 3.63) is 55.6 Å². The van der Waals surface area contributed by atoms with E-state index in [4.69, 9.17) is 0 Å². The summed E-state index contributed by atoms with van der Waals surface area (Å²) in [7, 11) is 0. The summed E-state index contributed by atoms with van der Waals surface area (Å²) >= 11 is 0. The van der Waals surface area contributed by atoms with Crippen molar-refractivity contribution in [1.29, 1.82) is 0 Å². The first-order valence-electron chi connectivity index (χ1n) is 6.85. The summed E-state index contributed by atoms with van der Waals surface area (Å²) in [6.45, 7) is 8.17. The van der Waals surface area contributed by atoms with Crippen molar-refractivity contribution < 1.29 is 4.79 Å². The zero-order chi connectivity index (χ0) is 15.7. The van der Waals surface area contributed by atoms with Gasteiger partial charge in [0.15, 0.2) is 5.78 Å². The molecule has 0 saturated heterocycles. The SMILES string of the molecule is CCn1c(C)cc(C(=O)Cn2cc(C)c(=O)[nH]c2=O)c1C. The molecule has 0 fully saturated rings. The van der Waals surface area contributed by atoms with Crippen molar-refractivity contribution >= 4 is 5.78 Å². The summed E-state index contributed by atoms with van der Waals surface area (Å²) in [5.74, 6) is -0.142. The topological polar surface area (TPSA) is 76.9 Å². The Balaban J connectivity index is 2.37. The summed E-state index contributed by atoms with van der Waals surface area (Å²) in [6, 6.07) is 1.84. The van der Waals surface area contributed by atoms with E-state index in [1.165, 1.54) is 10.8 Å². The van der Waals surface area contributed by atoms with E-state index in [0.717, 1.165) is 17.9 Å². The highest BCUT2D eigenvalue weighted by Crippen LogP contribution is 2.16. The van der Waals surface area contributed by atoms with Gasteiger partial charge in [0.25, 0.3) is 5.56 Å². The van der Waals surface area contributed by atoms with Crippen LogP contribution in [0.25, 0.3) is 0 Å². The molecule has 0 aliphatic heterocycles. The van der Waals surface area contributed by atoms with Gasteiger partial charge in [0, 0.05) is 35.3 Å². The molecular weight excluding hydrogens is 270 g/mol. The largest absolute Gasteiger partial charge is 0.349 e. The first kappa shape index (κ1) is 15.0. The van der Waals surface area contributed by atoms with Crippen LogP contribution in [-0.4, -0.2) is 19.9 Å². The number of aromatic nitrogens is 3. The van der Waals surface area contributed by atoms with Gasteiger partial charge in [-0.1, -0.05) is 0 Å². The van der Waals surface area contributed by atoms with Crippen molar-refractivity contribution in [3.63, 3.8) is 0 Å². The zero-order valence-electron chi connectivity index (χ0n) is 12.7. The van der Waals surface area contributed by atoms with E-state index in [1.54, 1.807) is 6.92 Å². The lowest BCUT2D eigenvalue weighted by Gasteiger charge is -2.07. The van der Waals surface area contributed by atoms with Gasteiger partial charge in [0.2, 0.25) is 0 Å². The van der Waals surface area contributed by atoms with Crippen molar-refractivity contribution in [3.8, 4) is 0 Å². The molecule has 0 aliphatic carbocycles. The Morgan fingerprint density at radius 3 is 2.48 bits per heavy atom. The van der Waals surface area contributed by atoms with Crippen molar-refractivity contribution in [1.82, 2.24) is 14.1 Å². The molecule has 2 rings (SSSR count). The summed E-state index contributed by atoms with van der Waals surface area (Å²) in [6.07, 6.45) is 1.41.